The van der Waals surface area contributed by atoms with Gasteiger partial charge in [-0.25, -0.2) is 4.39 Å². The summed E-state index contributed by atoms with van der Waals surface area (Å²) >= 11 is 0. The number of hydrogen-bond donors (Lipinski definition) is 2. The molecule has 0 atom stereocenters. The van der Waals surface area contributed by atoms with Crippen molar-refractivity contribution in [3.8, 4) is 0 Å². The molecule has 0 aliphatic heterocycles. The molecule has 0 aliphatic rings. The number of rotatable bonds is 5. The summed E-state index contributed by atoms with van der Waals surface area (Å²) in [5, 5.41) is 0. The molecule has 2 aromatic rings. The Bertz CT molecular complexity index is 658. The van der Waals surface area contributed by atoms with Gasteiger partial charge in [-0.3, -0.25) is 4.79 Å². The van der Waals surface area contributed by atoms with Crippen molar-refractivity contribution in [3.63, 3.8) is 0 Å². The van der Waals surface area contributed by atoms with Gasteiger partial charge in [-0.1, -0.05) is 12.1 Å². The first kappa shape index (κ1) is 14.8. The highest BCUT2D eigenvalue weighted by Gasteiger charge is 2.11. The normalized spacial score (nSPS) is 10.4. The van der Waals surface area contributed by atoms with Gasteiger partial charge >= 0.3 is 0 Å². The molecule has 2 aromatic carbocycles. The van der Waals surface area contributed by atoms with E-state index in [1.54, 1.807) is 12.1 Å². The molecular formula is C16H18FN3O. The fourth-order valence-corrected chi connectivity index (χ4v) is 2.14. The van der Waals surface area contributed by atoms with E-state index >= 15 is 0 Å². The van der Waals surface area contributed by atoms with Crippen molar-refractivity contribution in [2.75, 3.05) is 17.2 Å². The van der Waals surface area contributed by atoms with Crippen LogP contribution in [0.4, 0.5) is 15.8 Å². The van der Waals surface area contributed by atoms with Gasteiger partial charge in [0.2, 0.25) is 5.91 Å². The Labute approximate surface area is 123 Å². The van der Waals surface area contributed by atoms with Crippen LogP contribution in [-0.4, -0.2) is 12.5 Å². The van der Waals surface area contributed by atoms with E-state index in [1.165, 1.54) is 12.1 Å². The van der Waals surface area contributed by atoms with Crippen molar-refractivity contribution in [2.24, 2.45) is 5.73 Å². The quantitative estimate of drug-likeness (QED) is 0.830. The van der Waals surface area contributed by atoms with E-state index in [4.69, 9.17) is 11.5 Å². The maximum absolute atomic E-state index is 14.0. The number of hydrogen-bond acceptors (Lipinski definition) is 3. The smallest absolute Gasteiger partial charge is 0.248 e. The van der Waals surface area contributed by atoms with Crippen molar-refractivity contribution in [1.82, 2.24) is 0 Å². The lowest BCUT2D eigenvalue weighted by Gasteiger charge is -2.24. The van der Waals surface area contributed by atoms with Crippen LogP contribution in [0.25, 0.3) is 0 Å². The standard InChI is InChI=1S/C16H18FN3O/c1-2-20(14-5-3-4-13(18)9-14)10-12-7-6-11(16(19)21)8-15(12)17/h3-9H,2,10,18H2,1H3,(H2,19,21). The molecule has 0 saturated heterocycles. The number of amides is 1. The number of halogens is 1. The molecule has 0 aromatic heterocycles. The van der Waals surface area contributed by atoms with E-state index in [-0.39, 0.29) is 5.56 Å². The highest BCUT2D eigenvalue weighted by atomic mass is 19.1. The van der Waals surface area contributed by atoms with E-state index in [1.807, 2.05) is 30.0 Å². The van der Waals surface area contributed by atoms with Crippen LogP contribution in [0, 0.1) is 5.82 Å². The van der Waals surface area contributed by atoms with Gasteiger partial charge in [-0.15, -0.1) is 0 Å². The second-order valence-electron chi connectivity index (χ2n) is 4.78. The first-order chi connectivity index (χ1) is 10.0. The third-order valence-corrected chi connectivity index (χ3v) is 3.32. The van der Waals surface area contributed by atoms with Gasteiger partial charge in [0.15, 0.2) is 0 Å². The lowest BCUT2D eigenvalue weighted by atomic mass is 10.1. The second kappa shape index (κ2) is 6.26. The third kappa shape index (κ3) is 3.51. The fraction of sp³-hybridized carbons (Fsp3) is 0.188. The van der Waals surface area contributed by atoms with Crippen molar-refractivity contribution in [2.45, 2.75) is 13.5 Å². The molecular weight excluding hydrogens is 269 g/mol. The number of nitrogens with two attached hydrogens (primary N) is 2. The summed E-state index contributed by atoms with van der Waals surface area (Å²) in [5.41, 5.74) is 13.2. The Kier molecular flexibility index (Phi) is 4.42. The van der Waals surface area contributed by atoms with Crippen LogP contribution < -0.4 is 16.4 Å². The minimum absolute atomic E-state index is 0.170. The maximum Gasteiger partial charge on any atom is 0.248 e. The fourth-order valence-electron chi connectivity index (χ4n) is 2.14. The first-order valence-corrected chi connectivity index (χ1v) is 6.70. The van der Waals surface area contributed by atoms with Crippen LogP contribution >= 0.6 is 0 Å². The molecule has 4 nitrogen and oxygen atoms in total. The molecule has 0 bridgehead atoms. The SMILES string of the molecule is CCN(Cc1ccc(C(N)=O)cc1F)c1cccc(N)c1. The summed E-state index contributed by atoms with van der Waals surface area (Å²) in [6.45, 7) is 3.09. The summed E-state index contributed by atoms with van der Waals surface area (Å²) in [5.74, 6) is -1.07. The number of carbonyl (C=O) groups excluding carboxylic acids is 1. The lowest BCUT2D eigenvalue weighted by Crippen LogP contribution is -2.23. The molecule has 110 valence electrons. The van der Waals surface area contributed by atoms with Crippen molar-refractivity contribution >= 4 is 17.3 Å². The van der Waals surface area contributed by atoms with Crippen LogP contribution in [0.5, 0.6) is 0 Å². The third-order valence-electron chi connectivity index (χ3n) is 3.32. The average molecular weight is 287 g/mol. The Hall–Kier alpha value is -2.56. The minimum Gasteiger partial charge on any atom is -0.399 e. The van der Waals surface area contributed by atoms with E-state index < -0.39 is 11.7 Å². The number of carbonyl (C=O) groups is 1. The highest BCUT2D eigenvalue weighted by Crippen LogP contribution is 2.21. The average Bonchev–Trinajstić information content (AvgIpc) is 2.45. The lowest BCUT2D eigenvalue weighted by molar-refractivity contribution is 0.1000. The molecule has 1 amide bonds. The monoisotopic (exact) mass is 287 g/mol. The molecule has 0 heterocycles. The molecule has 0 radical (unpaired) electrons. The van der Waals surface area contributed by atoms with Crippen molar-refractivity contribution in [1.29, 1.82) is 0 Å². The van der Waals surface area contributed by atoms with Gasteiger partial charge in [-0.05, 0) is 37.3 Å². The van der Waals surface area contributed by atoms with Gasteiger partial charge in [0.05, 0.1) is 0 Å². The molecule has 0 unspecified atom stereocenters. The van der Waals surface area contributed by atoms with Crippen molar-refractivity contribution < 1.29 is 9.18 Å². The Morgan fingerprint density at radius 2 is 2.00 bits per heavy atom. The summed E-state index contributed by atoms with van der Waals surface area (Å²) in [7, 11) is 0. The number of nitrogens with zero attached hydrogens (tertiary/aromatic N) is 1. The first-order valence-electron chi connectivity index (χ1n) is 6.70. The zero-order valence-electron chi connectivity index (χ0n) is 11.8. The van der Waals surface area contributed by atoms with E-state index in [9.17, 15) is 9.18 Å². The summed E-state index contributed by atoms with van der Waals surface area (Å²) < 4.78 is 14.0. The Morgan fingerprint density at radius 3 is 2.57 bits per heavy atom. The van der Waals surface area contributed by atoms with E-state index in [0.717, 1.165) is 5.69 Å². The van der Waals surface area contributed by atoms with Gasteiger partial charge < -0.3 is 16.4 Å². The number of primary amides is 1. The highest BCUT2D eigenvalue weighted by molar-refractivity contribution is 5.92. The van der Waals surface area contributed by atoms with Crippen LogP contribution in [0.1, 0.15) is 22.8 Å². The molecule has 0 fully saturated rings. The van der Waals surface area contributed by atoms with E-state index in [2.05, 4.69) is 0 Å². The molecule has 4 N–H and O–H groups in total. The number of anilines is 2. The van der Waals surface area contributed by atoms with Gasteiger partial charge in [-0.2, -0.15) is 0 Å². The largest absolute Gasteiger partial charge is 0.399 e. The number of nitrogen functional groups attached to an aromatic ring is 1. The predicted molar refractivity (Wildman–Crippen MR) is 82.5 cm³/mol. The molecule has 0 spiro atoms. The summed E-state index contributed by atoms with van der Waals surface area (Å²) in [4.78, 5) is 13.0. The van der Waals surface area contributed by atoms with Crippen LogP contribution in [0.3, 0.4) is 0 Å². The minimum atomic E-state index is -0.636. The van der Waals surface area contributed by atoms with Crippen LogP contribution in [0.15, 0.2) is 42.5 Å². The second-order valence-corrected chi connectivity index (χ2v) is 4.78. The van der Waals surface area contributed by atoms with E-state index in [0.29, 0.717) is 24.3 Å². The van der Waals surface area contributed by atoms with Crippen LogP contribution in [-0.2, 0) is 6.54 Å². The molecule has 0 aliphatic carbocycles. The molecule has 0 saturated carbocycles. The summed E-state index contributed by atoms with van der Waals surface area (Å²) in [6.07, 6.45) is 0. The van der Waals surface area contributed by atoms with Gasteiger partial charge in [0, 0.05) is 35.6 Å². The summed E-state index contributed by atoms with van der Waals surface area (Å²) in [6, 6.07) is 11.7. The van der Waals surface area contributed by atoms with Crippen molar-refractivity contribution in [3.05, 3.63) is 59.4 Å². The Morgan fingerprint density at radius 1 is 1.24 bits per heavy atom. The van der Waals surface area contributed by atoms with Gasteiger partial charge in [0.1, 0.15) is 5.82 Å². The molecule has 2 rings (SSSR count). The predicted octanol–water partition coefficient (Wildman–Crippen LogP) is 2.53. The topological polar surface area (TPSA) is 72.3 Å². The van der Waals surface area contributed by atoms with Gasteiger partial charge in [0.25, 0.3) is 0 Å². The zero-order valence-corrected chi connectivity index (χ0v) is 11.8. The van der Waals surface area contributed by atoms with Crippen LogP contribution in [0.2, 0.25) is 0 Å². The molecule has 5 heteroatoms. The maximum atomic E-state index is 14.0. The molecule has 21 heavy (non-hydrogen) atoms. The zero-order chi connectivity index (χ0) is 15.4. The Balaban J connectivity index is 2.25. The number of benzene rings is 2.